The molecule has 1 aromatic heterocycles. The van der Waals surface area contributed by atoms with Gasteiger partial charge in [0.2, 0.25) is 0 Å². The number of hydrogen-bond acceptors (Lipinski definition) is 4. The summed E-state index contributed by atoms with van der Waals surface area (Å²) in [5, 5.41) is 12.1. The molecule has 3 aromatic rings. The summed E-state index contributed by atoms with van der Waals surface area (Å²) in [5.74, 6) is 0.475. The van der Waals surface area contributed by atoms with E-state index in [0.717, 1.165) is 27.9 Å². The third-order valence-corrected chi connectivity index (χ3v) is 4.83. The predicted molar refractivity (Wildman–Crippen MR) is 113 cm³/mol. The molecule has 0 bridgehead atoms. The molecule has 0 unspecified atom stereocenters. The zero-order valence-corrected chi connectivity index (χ0v) is 16.5. The lowest BCUT2D eigenvalue weighted by atomic mass is 9.84. The van der Waals surface area contributed by atoms with Gasteiger partial charge >= 0.3 is 0 Å². The number of nitrogens with zero attached hydrogens (tertiary/aromatic N) is 2. The lowest BCUT2D eigenvalue weighted by molar-refractivity contribution is 0.552. The van der Waals surface area contributed by atoms with Gasteiger partial charge in [-0.1, -0.05) is 50.8 Å². The van der Waals surface area contributed by atoms with Crippen molar-refractivity contribution in [1.29, 1.82) is 0 Å². The number of benzene rings is 2. The number of aromatic nitrogens is 2. The highest BCUT2D eigenvalue weighted by Crippen LogP contribution is 2.26. The predicted octanol–water partition coefficient (Wildman–Crippen LogP) is 4.91. The van der Waals surface area contributed by atoms with Crippen molar-refractivity contribution in [2.75, 3.05) is 11.9 Å². The Balaban J connectivity index is 1.76. The molecule has 0 aliphatic heterocycles. The Bertz CT molecular complexity index is 994. The molecule has 0 spiro atoms. The van der Waals surface area contributed by atoms with Crippen LogP contribution in [0.2, 0.25) is 0 Å². The molecule has 0 radical (unpaired) electrons. The molecule has 0 atom stereocenters. The van der Waals surface area contributed by atoms with Crippen LogP contribution in [0.15, 0.2) is 61.2 Å². The largest absolute Gasteiger partial charge is 0.399 e. The third kappa shape index (κ3) is 4.36. The summed E-state index contributed by atoms with van der Waals surface area (Å²) < 4.78 is 13.2. The third-order valence-electron chi connectivity index (χ3n) is 4.83. The minimum absolute atomic E-state index is 0.183. The summed E-state index contributed by atoms with van der Waals surface area (Å²) in [7, 11) is 0. The van der Waals surface area contributed by atoms with Gasteiger partial charge in [-0.15, -0.1) is 10.2 Å². The van der Waals surface area contributed by atoms with Crippen LogP contribution in [0.3, 0.4) is 0 Å². The SMILES string of the molecule is C=C(N)c1cccc(-c2nnc(NCC(C)(C)c3ccc(F)cc3)cc2C)c1. The van der Waals surface area contributed by atoms with Crippen LogP contribution in [0.5, 0.6) is 0 Å². The van der Waals surface area contributed by atoms with Gasteiger partial charge in [-0.2, -0.15) is 0 Å². The number of halogens is 1. The Hall–Kier alpha value is -3.21. The molecule has 144 valence electrons. The first-order valence-corrected chi connectivity index (χ1v) is 9.16. The molecule has 3 N–H and O–H groups in total. The van der Waals surface area contributed by atoms with E-state index in [0.29, 0.717) is 18.1 Å². The van der Waals surface area contributed by atoms with E-state index < -0.39 is 0 Å². The second-order valence-electron chi connectivity index (χ2n) is 7.61. The molecule has 0 saturated heterocycles. The summed E-state index contributed by atoms with van der Waals surface area (Å²) in [6, 6.07) is 16.4. The summed E-state index contributed by atoms with van der Waals surface area (Å²) in [5.41, 5.74) is 10.8. The maximum Gasteiger partial charge on any atom is 0.148 e. The first-order valence-electron chi connectivity index (χ1n) is 9.16. The van der Waals surface area contributed by atoms with E-state index in [1.54, 1.807) is 0 Å². The molecule has 0 amide bonds. The number of aryl methyl sites for hydroxylation is 1. The quantitative estimate of drug-likeness (QED) is 0.642. The van der Waals surface area contributed by atoms with Gasteiger partial charge in [0.05, 0.1) is 5.69 Å². The highest BCUT2D eigenvalue weighted by atomic mass is 19.1. The van der Waals surface area contributed by atoms with E-state index in [2.05, 4.69) is 35.9 Å². The van der Waals surface area contributed by atoms with Gasteiger partial charge in [-0.05, 0) is 47.9 Å². The van der Waals surface area contributed by atoms with Gasteiger partial charge < -0.3 is 11.1 Å². The Labute approximate surface area is 165 Å². The van der Waals surface area contributed by atoms with Crippen LogP contribution >= 0.6 is 0 Å². The van der Waals surface area contributed by atoms with Crippen molar-refractivity contribution in [2.45, 2.75) is 26.2 Å². The van der Waals surface area contributed by atoms with Gasteiger partial charge in [0.1, 0.15) is 11.6 Å². The molecule has 0 aliphatic carbocycles. The molecule has 28 heavy (non-hydrogen) atoms. The molecule has 4 nitrogen and oxygen atoms in total. The van der Waals surface area contributed by atoms with Crippen LogP contribution < -0.4 is 11.1 Å². The zero-order chi connectivity index (χ0) is 20.3. The van der Waals surface area contributed by atoms with Crippen LogP contribution in [-0.4, -0.2) is 16.7 Å². The fourth-order valence-corrected chi connectivity index (χ4v) is 3.04. The maximum atomic E-state index is 13.2. The van der Waals surface area contributed by atoms with Crippen molar-refractivity contribution in [2.24, 2.45) is 5.73 Å². The van der Waals surface area contributed by atoms with Crippen LogP contribution in [0.1, 0.15) is 30.5 Å². The van der Waals surface area contributed by atoms with Crippen LogP contribution in [0.25, 0.3) is 17.0 Å². The van der Waals surface area contributed by atoms with E-state index >= 15 is 0 Å². The van der Waals surface area contributed by atoms with Crippen molar-refractivity contribution < 1.29 is 4.39 Å². The number of anilines is 1. The van der Waals surface area contributed by atoms with Crippen LogP contribution in [0.4, 0.5) is 10.2 Å². The molecule has 0 fully saturated rings. The Morgan fingerprint density at radius 3 is 2.46 bits per heavy atom. The van der Waals surface area contributed by atoms with Gasteiger partial charge in [0, 0.05) is 23.2 Å². The molecule has 1 heterocycles. The first-order chi connectivity index (χ1) is 13.3. The highest BCUT2D eigenvalue weighted by molar-refractivity contribution is 5.70. The summed E-state index contributed by atoms with van der Waals surface area (Å²) >= 11 is 0. The van der Waals surface area contributed by atoms with Crippen molar-refractivity contribution in [3.8, 4) is 11.3 Å². The fourth-order valence-electron chi connectivity index (χ4n) is 3.04. The number of hydrogen-bond donors (Lipinski definition) is 2. The molecular weight excluding hydrogens is 351 g/mol. The molecule has 2 aromatic carbocycles. The van der Waals surface area contributed by atoms with Gasteiger partial charge in [-0.25, -0.2) is 4.39 Å². The van der Waals surface area contributed by atoms with Crippen molar-refractivity contribution in [1.82, 2.24) is 10.2 Å². The number of nitrogens with one attached hydrogen (secondary N) is 1. The number of nitrogens with two attached hydrogens (primary N) is 1. The topological polar surface area (TPSA) is 63.8 Å². The normalized spacial score (nSPS) is 11.3. The monoisotopic (exact) mass is 376 g/mol. The van der Waals surface area contributed by atoms with E-state index in [1.807, 2.05) is 49.4 Å². The van der Waals surface area contributed by atoms with Crippen molar-refractivity contribution >= 4 is 11.5 Å². The summed E-state index contributed by atoms with van der Waals surface area (Å²) in [6.07, 6.45) is 0. The minimum Gasteiger partial charge on any atom is -0.399 e. The van der Waals surface area contributed by atoms with E-state index in [9.17, 15) is 4.39 Å². The molecule has 3 rings (SSSR count). The van der Waals surface area contributed by atoms with E-state index in [-0.39, 0.29) is 11.2 Å². The summed E-state index contributed by atoms with van der Waals surface area (Å²) in [4.78, 5) is 0. The average molecular weight is 376 g/mol. The highest BCUT2D eigenvalue weighted by Gasteiger charge is 2.21. The minimum atomic E-state index is -0.230. The van der Waals surface area contributed by atoms with E-state index in [4.69, 9.17) is 5.73 Å². The van der Waals surface area contributed by atoms with Gasteiger partial charge in [0.15, 0.2) is 0 Å². The lowest BCUT2D eigenvalue weighted by Crippen LogP contribution is -2.28. The maximum absolute atomic E-state index is 13.2. The molecule has 5 heteroatoms. The van der Waals surface area contributed by atoms with Crippen molar-refractivity contribution in [3.63, 3.8) is 0 Å². The lowest BCUT2D eigenvalue weighted by Gasteiger charge is -2.26. The number of rotatable bonds is 6. The smallest absolute Gasteiger partial charge is 0.148 e. The van der Waals surface area contributed by atoms with Gasteiger partial charge in [0.25, 0.3) is 0 Å². The Morgan fingerprint density at radius 2 is 1.82 bits per heavy atom. The average Bonchev–Trinajstić information content (AvgIpc) is 2.67. The zero-order valence-electron chi connectivity index (χ0n) is 16.5. The standard InChI is InChI=1S/C23H25FN4/c1-15-12-21(26-14-23(3,4)19-8-10-20(24)11-9-19)27-28-22(15)18-7-5-6-17(13-18)16(2)25/h5-13H,2,14,25H2,1,3-4H3,(H,26,27). The van der Waals surface area contributed by atoms with E-state index in [1.165, 1.54) is 12.1 Å². The second kappa shape index (κ2) is 7.80. The molecule has 0 aliphatic rings. The Morgan fingerprint density at radius 1 is 1.11 bits per heavy atom. The van der Waals surface area contributed by atoms with Crippen LogP contribution in [0, 0.1) is 12.7 Å². The van der Waals surface area contributed by atoms with Gasteiger partial charge in [-0.3, -0.25) is 0 Å². The molecular formula is C23H25FN4. The first kappa shape index (κ1) is 19.5. The Kier molecular flexibility index (Phi) is 5.45. The fraction of sp³-hybridized carbons (Fsp3) is 0.217. The molecule has 0 saturated carbocycles. The summed E-state index contributed by atoms with van der Waals surface area (Å²) in [6.45, 7) is 10.6. The second-order valence-corrected chi connectivity index (χ2v) is 7.61. The van der Waals surface area contributed by atoms with Crippen LogP contribution in [-0.2, 0) is 5.41 Å². The van der Waals surface area contributed by atoms with Crippen molar-refractivity contribution in [3.05, 3.63) is 83.7 Å².